The van der Waals surface area contributed by atoms with Crippen LogP contribution in [0.3, 0.4) is 0 Å². The van der Waals surface area contributed by atoms with Crippen LogP contribution in [-0.4, -0.2) is 13.4 Å². The Morgan fingerprint density at radius 3 is 2.40 bits per heavy atom. The molecule has 2 heteroatoms. The van der Waals surface area contributed by atoms with E-state index in [4.69, 9.17) is 0 Å². The van der Waals surface area contributed by atoms with Crippen molar-refractivity contribution in [3.63, 3.8) is 0 Å². The van der Waals surface area contributed by atoms with Crippen LogP contribution in [0.15, 0.2) is 30.3 Å². The maximum atomic E-state index is 2.40. The highest BCUT2D eigenvalue weighted by Crippen LogP contribution is 2.14. The van der Waals surface area contributed by atoms with Gasteiger partial charge in [-0.05, 0) is 22.8 Å². The second-order valence-corrected chi connectivity index (χ2v) is 7.82. The second kappa shape index (κ2) is 4.23. The number of fused-ring (bicyclic) bond motifs is 1. The van der Waals surface area contributed by atoms with Crippen LogP contribution < -0.4 is 5.32 Å². The number of rotatable bonds is 3. The zero-order valence-corrected chi connectivity index (χ0v) is 11.0. The summed E-state index contributed by atoms with van der Waals surface area (Å²) in [5.74, 6) is 0. The van der Waals surface area contributed by atoms with Crippen molar-refractivity contribution in [1.29, 1.82) is 0 Å². The van der Waals surface area contributed by atoms with Crippen molar-refractivity contribution in [1.82, 2.24) is 4.57 Å². The summed E-state index contributed by atoms with van der Waals surface area (Å²) in [6, 6.07) is 13.8. The number of hydrogen-bond donors (Lipinski definition) is 0. The van der Waals surface area contributed by atoms with Gasteiger partial charge in [0.15, 0.2) is 0 Å². The average Bonchev–Trinajstić information content (AvgIpc) is 2.60. The zero-order chi connectivity index (χ0) is 10.8. The predicted octanol–water partition coefficient (Wildman–Crippen LogP) is 2.65. The van der Waals surface area contributed by atoms with Gasteiger partial charge in [-0.3, -0.25) is 0 Å². The first kappa shape index (κ1) is 10.5. The molecule has 0 unspecified atom stereocenters. The first-order valence-corrected chi connectivity index (χ1v) is 8.03. The van der Waals surface area contributed by atoms with Crippen molar-refractivity contribution in [3.8, 4) is 0 Å². The molecule has 1 aromatic heterocycles. The van der Waals surface area contributed by atoms with E-state index in [0.717, 1.165) is 0 Å². The Balaban J connectivity index is 2.57. The minimum Gasteiger partial charge on any atom is -0.352 e. The Morgan fingerprint density at radius 2 is 1.80 bits per heavy atom. The fraction of sp³-hybridized carbons (Fsp3) is 0.385. The van der Waals surface area contributed by atoms with Gasteiger partial charge in [-0.2, -0.15) is 0 Å². The highest BCUT2D eigenvalue weighted by Gasteiger charge is 2.14. The van der Waals surface area contributed by atoms with Gasteiger partial charge in [0.1, 0.15) is 0 Å². The molecule has 0 N–H and O–H groups in total. The highest BCUT2D eigenvalue weighted by atomic mass is 28.3. The molecule has 0 spiro atoms. The molecule has 1 aromatic carbocycles. The van der Waals surface area contributed by atoms with Gasteiger partial charge in [0.05, 0.1) is 8.80 Å². The third-order valence-corrected chi connectivity index (χ3v) is 6.75. The Kier molecular flexibility index (Phi) is 2.96. The van der Waals surface area contributed by atoms with Gasteiger partial charge in [0.25, 0.3) is 0 Å². The molecule has 0 saturated carbocycles. The van der Waals surface area contributed by atoms with E-state index in [-0.39, 0.29) is 0 Å². The summed E-state index contributed by atoms with van der Waals surface area (Å²) in [4.78, 5) is 0. The summed E-state index contributed by atoms with van der Waals surface area (Å²) < 4.78 is 2.40. The largest absolute Gasteiger partial charge is 0.352 e. The van der Waals surface area contributed by atoms with Crippen molar-refractivity contribution < 1.29 is 0 Å². The van der Waals surface area contributed by atoms with Gasteiger partial charge in [0, 0.05) is 12.6 Å². The molecule has 2 aromatic rings. The molecular formula is C13H19NSi. The van der Waals surface area contributed by atoms with Gasteiger partial charge >= 0.3 is 0 Å². The van der Waals surface area contributed by atoms with Crippen LogP contribution in [0.4, 0.5) is 0 Å². The number of nitrogens with zero attached hydrogens (tertiary/aromatic N) is 1. The third-order valence-electron chi connectivity index (χ3n) is 3.39. The molecule has 2 rings (SSSR count). The van der Waals surface area contributed by atoms with E-state index >= 15 is 0 Å². The normalized spacial score (nSPS) is 11.5. The third kappa shape index (κ3) is 1.74. The van der Waals surface area contributed by atoms with Gasteiger partial charge in [-0.1, -0.05) is 44.1 Å². The lowest BCUT2D eigenvalue weighted by Gasteiger charge is -2.12. The number of aryl methyl sites for hydroxylation is 1. The van der Waals surface area contributed by atoms with Crippen molar-refractivity contribution >= 4 is 25.0 Å². The van der Waals surface area contributed by atoms with Crippen LogP contribution in [0, 0.1) is 0 Å². The fourth-order valence-corrected chi connectivity index (χ4v) is 4.92. The fourth-order valence-electron chi connectivity index (χ4n) is 2.41. The van der Waals surface area contributed by atoms with Crippen LogP contribution in [0.2, 0.25) is 12.1 Å². The van der Waals surface area contributed by atoms with Gasteiger partial charge in [-0.25, -0.2) is 0 Å². The molecule has 0 aliphatic heterocycles. The molecule has 1 heterocycles. The smallest absolute Gasteiger partial charge is 0.0912 e. The van der Waals surface area contributed by atoms with Crippen molar-refractivity contribution in [2.24, 2.45) is 7.05 Å². The van der Waals surface area contributed by atoms with E-state index in [1.807, 2.05) is 0 Å². The Bertz CT molecular complexity index is 455. The number of para-hydroxylation sites is 1. The molecule has 15 heavy (non-hydrogen) atoms. The summed E-state index contributed by atoms with van der Waals surface area (Å²) in [6.45, 7) is 4.66. The summed E-state index contributed by atoms with van der Waals surface area (Å²) in [7, 11) is 1.51. The van der Waals surface area contributed by atoms with Crippen molar-refractivity contribution in [2.75, 3.05) is 0 Å². The van der Waals surface area contributed by atoms with E-state index in [2.05, 4.69) is 55.8 Å². The first-order valence-electron chi connectivity index (χ1n) is 5.82. The van der Waals surface area contributed by atoms with Crippen LogP contribution >= 0.6 is 0 Å². The maximum absolute atomic E-state index is 2.40. The lowest BCUT2D eigenvalue weighted by Crippen LogP contribution is -2.33. The molecule has 0 bridgehead atoms. The molecule has 0 atom stereocenters. The minimum absolute atomic E-state index is 0.702. The topological polar surface area (TPSA) is 4.93 Å². The summed E-state index contributed by atoms with van der Waals surface area (Å²) in [6.07, 6.45) is 0. The summed E-state index contributed by atoms with van der Waals surface area (Å²) >= 11 is 0. The molecule has 1 nitrogen and oxygen atoms in total. The quantitative estimate of drug-likeness (QED) is 0.697. The maximum Gasteiger partial charge on any atom is 0.0912 e. The molecule has 0 radical (unpaired) electrons. The van der Waals surface area contributed by atoms with Crippen LogP contribution in [0.1, 0.15) is 13.8 Å². The van der Waals surface area contributed by atoms with Crippen LogP contribution in [0.5, 0.6) is 0 Å². The Morgan fingerprint density at radius 1 is 1.13 bits per heavy atom. The van der Waals surface area contributed by atoms with Crippen LogP contribution in [0.25, 0.3) is 10.9 Å². The second-order valence-electron chi connectivity index (χ2n) is 4.20. The summed E-state index contributed by atoms with van der Waals surface area (Å²) in [5, 5.41) is 3.01. The lowest BCUT2D eigenvalue weighted by molar-refractivity contribution is 0.994. The number of hydrogen-bond acceptors (Lipinski definition) is 0. The molecule has 0 amide bonds. The Hall–Kier alpha value is -1.02. The van der Waals surface area contributed by atoms with E-state index in [9.17, 15) is 0 Å². The number of benzene rings is 1. The molecule has 0 fully saturated rings. The molecule has 0 aliphatic rings. The van der Waals surface area contributed by atoms with E-state index in [1.54, 1.807) is 5.32 Å². The monoisotopic (exact) mass is 217 g/mol. The van der Waals surface area contributed by atoms with E-state index < -0.39 is 8.80 Å². The average molecular weight is 217 g/mol. The lowest BCUT2D eigenvalue weighted by atomic mass is 10.2. The van der Waals surface area contributed by atoms with Crippen molar-refractivity contribution in [3.05, 3.63) is 30.3 Å². The van der Waals surface area contributed by atoms with Gasteiger partial charge < -0.3 is 4.57 Å². The highest BCUT2D eigenvalue weighted by molar-refractivity contribution is 6.72. The van der Waals surface area contributed by atoms with Gasteiger partial charge in [0.2, 0.25) is 0 Å². The molecule has 80 valence electrons. The minimum atomic E-state index is -0.702. The van der Waals surface area contributed by atoms with Gasteiger partial charge in [-0.15, -0.1) is 0 Å². The van der Waals surface area contributed by atoms with E-state index in [1.165, 1.54) is 23.0 Å². The Labute approximate surface area is 93.3 Å². The molecule has 0 saturated heterocycles. The molecular weight excluding hydrogens is 198 g/mol. The predicted molar refractivity (Wildman–Crippen MR) is 70.7 cm³/mol. The number of aromatic nitrogens is 1. The standard InChI is InChI=1S/C13H19NSi/c1-4-15(5-2)13-10-11-8-6-7-9-12(11)14(13)3/h6-10,15H,4-5H2,1-3H3. The van der Waals surface area contributed by atoms with E-state index in [0.29, 0.717) is 0 Å². The first-order chi connectivity index (χ1) is 7.27. The zero-order valence-electron chi connectivity index (χ0n) is 9.83. The van der Waals surface area contributed by atoms with Crippen molar-refractivity contribution in [2.45, 2.75) is 25.9 Å². The summed E-state index contributed by atoms with van der Waals surface area (Å²) in [5.41, 5.74) is 1.38. The molecule has 0 aliphatic carbocycles. The SMILES string of the molecule is CC[SiH](CC)c1cc2ccccc2n1C. The van der Waals surface area contributed by atoms with Crippen LogP contribution in [-0.2, 0) is 7.05 Å².